The van der Waals surface area contributed by atoms with E-state index < -0.39 is 0 Å². The molecule has 5 nitrogen and oxygen atoms in total. The first-order valence-corrected chi connectivity index (χ1v) is 9.43. The summed E-state index contributed by atoms with van der Waals surface area (Å²) in [7, 11) is 0. The highest BCUT2D eigenvalue weighted by molar-refractivity contribution is 7.58. The zero-order valence-corrected chi connectivity index (χ0v) is 15.7. The fourth-order valence-electron chi connectivity index (χ4n) is 2.66. The largest absolute Gasteiger partial charge is 0.376 e. The lowest BCUT2D eigenvalue weighted by atomic mass is 10.1. The number of fused-ring (bicyclic) bond motifs is 1. The lowest BCUT2D eigenvalue weighted by Gasteiger charge is -2.09. The SMILES string of the molecule is O=C(CNc1cccc(C#Cc2ccccc2)c1)Nc1cccc2c1N=S=N2. The van der Waals surface area contributed by atoms with Gasteiger partial charge in [-0.25, -0.2) is 0 Å². The van der Waals surface area contributed by atoms with Crippen molar-refractivity contribution >= 4 is 40.0 Å². The van der Waals surface area contributed by atoms with Gasteiger partial charge >= 0.3 is 0 Å². The first-order valence-electron chi connectivity index (χ1n) is 8.70. The van der Waals surface area contributed by atoms with Gasteiger partial charge in [-0.1, -0.05) is 42.2 Å². The zero-order chi connectivity index (χ0) is 19.2. The first kappa shape index (κ1) is 17.7. The second kappa shape index (κ2) is 8.33. The van der Waals surface area contributed by atoms with Gasteiger partial charge in [-0.15, -0.1) is 0 Å². The molecule has 0 spiro atoms. The van der Waals surface area contributed by atoms with Crippen LogP contribution in [0.25, 0.3) is 0 Å². The van der Waals surface area contributed by atoms with Crippen molar-refractivity contribution in [1.82, 2.24) is 0 Å². The molecule has 6 heteroatoms. The highest BCUT2D eigenvalue weighted by Crippen LogP contribution is 2.38. The smallest absolute Gasteiger partial charge is 0.243 e. The molecule has 0 saturated carbocycles. The topological polar surface area (TPSA) is 65.8 Å². The number of carbonyl (C=O) groups excluding carboxylic acids is 1. The number of benzene rings is 3. The molecule has 3 aromatic rings. The van der Waals surface area contributed by atoms with Gasteiger partial charge in [0.15, 0.2) is 0 Å². The summed E-state index contributed by atoms with van der Waals surface area (Å²) < 4.78 is 8.41. The molecule has 1 heterocycles. The van der Waals surface area contributed by atoms with Crippen molar-refractivity contribution in [3.63, 3.8) is 0 Å². The Hall–Kier alpha value is -3.69. The minimum Gasteiger partial charge on any atom is -0.376 e. The molecular formula is C22H16N4OS. The lowest BCUT2D eigenvalue weighted by molar-refractivity contribution is -0.114. The number of amides is 1. The van der Waals surface area contributed by atoms with E-state index >= 15 is 0 Å². The minimum absolute atomic E-state index is 0.142. The van der Waals surface area contributed by atoms with Gasteiger partial charge in [0, 0.05) is 16.8 Å². The Kier molecular flexibility index (Phi) is 5.27. The van der Waals surface area contributed by atoms with Crippen LogP contribution < -0.4 is 10.6 Å². The number of carbonyl (C=O) groups is 1. The Morgan fingerprint density at radius 1 is 0.893 bits per heavy atom. The van der Waals surface area contributed by atoms with Crippen molar-refractivity contribution in [3.8, 4) is 11.8 Å². The molecule has 1 aliphatic rings. The third kappa shape index (κ3) is 4.34. The van der Waals surface area contributed by atoms with E-state index in [2.05, 4.69) is 31.2 Å². The van der Waals surface area contributed by atoms with Crippen molar-refractivity contribution in [2.24, 2.45) is 8.73 Å². The van der Waals surface area contributed by atoms with E-state index in [1.165, 1.54) is 0 Å². The van der Waals surface area contributed by atoms with Crippen LogP contribution in [0.1, 0.15) is 11.1 Å². The third-order valence-electron chi connectivity index (χ3n) is 4.00. The molecule has 0 atom stereocenters. The van der Waals surface area contributed by atoms with Crippen LogP contribution in [0.3, 0.4) is 0 Å². The molecule has 136 valence electrons. The second-order valence-corrected chi connectivity index (χ2v) is 6.56. The summed E-state index contributed by atoms with van der Waals surface area (Å²) in [4.78, 5) is 12.3. The van der Waals surface area contributed by atoms with Crippen LogP contribution in [-0.4, -0.2) is 12.5 Å². The maximum atomic E-state index is 12.3. The average Bonchev–Trinajstić information content (AvgIpc) is 3.22. The van der Waals surface area contributed by atoms with Gasteiger partial charge < -0.3 is 10.6 Å². The lowest BCUT2D eigenvalue weighted by Crippen LogP contribution is -2.21. The summed E-state index contributed by atoms with van der Waals surface area (Å²) in [5.41, 5.74) is 4.84. The number of anilines is 2. The summed E-state index contributed by atoms with van der Waals surface area (Å²) in [6.45, 7) is 0.142. The molecule has 28 heavy (non-hydrogen) atoms. The zero-order valence-electron chi connectivity index (χ0n) is 14.8. The van der Waals surface area contributed by atoms with Crippen LogP contribution in [0.2, 0.25) is 0 Å². The highest BCUT2D eigenvalue weighted by Gasteiger charge is 2.12. The number of nitrogens with zero attached hydrogens (tertiary/aromatic N) is 2. The van der Waals surface area contributed by atoms with Crippen LogP contribution in [0.5, 0.6) is 0 Å². The van der Waals surface area contributed by atoms with Gasteiger partial charge in [0.2, 0.25) is 5.91 Å². The van der Waals surface area contributed by atoms with E-state index in [4.69, 9.17) is 0 Å². The van der Waals surface area contributed by atoms with Gasteiger partial charge in [0.05, 0.1) is 23.6 Å². The van der Waals surface area contributed by atoms with E-state index in [1.807, 2.05) is 72.8 Å². The predicted octanol–water partition coefficient (Wildman–Crippen LogP) is 4.86. The van der Waals surface area contributed by atoms with Gasteiger partial charge in [-0.3, -0.25) is 4.79 Å². The summed E-state index contributed by atoms with van der Waals surface area (Å²) in [5.74, 6) is 6.12. The molecule has 0 aromatic heterocycles. The maximum absolute atomic E-state index is 12.3. The van der Waals surface area contributed by atoms with Crippen molar-refractivity contribution in [2.75, 3.05) is 17.2 Å². The summed E-state index contributed by atoms with van der Waals surface area (Å²) in [6.07, 6.45) is 0. The molecule has 2 N–H and O–H groups in total. The van der Waals surface area contributed by atoms with E-state index in [0.717, 1.165) is 33.9 Å². The van der Waals surface area contributed by atoms with E-state index in [1.54, 1.807) is 0 Å². The molecule has 3 aromatic carbocycles. The highest BCUT2D eigenvalue weighted by atomic mass is 32.1. The molecule has 0 fully saturated rings. The van der Waals surface area contributed by atoms with Gasteiger partial charge in [-0.05, 0) is 42.5 Å². The fraction of sp³-hybridized carbons (Fsp3) is 0.0455. The monoisotopic (exact) mass is 384 g/mol. The summed E-state index contributed by atoms with van der Waals surface area (Å²) in [6, 6.07) is 23.1. The Bertz CT molecular complexity index is 1160. The van der Waals surface area contributed by atoms with Crippen LogP contribution >= 0.6 is 0 Å². The summed E-state index contributed by atoms with van der Waals surface area (Å²) >= 11 is 1.13. The molecule has 0 saturated heterocycles. The molecule has 1 amide bonds. The van der Waals surface area contributed by atoms with E-state index in [-0.39, 0.29) is 12.5 Å². The number of rotatable bonds is 4. The maximum Gasteiger partial charge on any atom is 0.243 e. The van der Waals surface area contributed by atoms with Gasteiger partial charge in [0.1, 0.15) is 11.4 Å². The molecule has 0 radical (unpaired) electrons. The Balaban J connectivity index is 1.38. The average molecular weight is 384 g/mol. The molecule has 4 rings (SSSR count). The van der Waals surface area contributed by atoms with Crippen LogP contribution in [0, 0.1) is 11.8 Å². The first-order chi connectivity index (χ1) is 13.8. The van der Waals surface area contributed by atoms with Gasteiger partial charge in [-0.2, -0.15) is 8.73 Å². The number of hydrogen-bond donors (Lipinski definition) is 2. The minimum atomic E-state index is -0.152. The molecular weight excluding hydrogens is 368 g/mol. The summed E-state index contributed by atoms with van der Waals surface area (Å²) in [5, 5.41) is 6.01. The molecule has 0 aliphatic carbocycles. The Morgan fingerprint density at radius 3 is 2.57 bits per heavy atom. The quantitative estimate of drug-likeness (QED) is 0.493. The van der Waals surface area contributed by atoms with Crippen LogP contribution in [-0.2, 0) is 16.1 Å². The van der Waals surface area contributed by atoms with Gasteiger partial charge in [0.25, 0.3) is 0 Å². The van der Waals surface area contributed by atoms with Crippen molar-refractivity contribution in [1.29, 1.82) is 0 Å². The normalized spacial score (nSPS) is 11.0. The third-order valence-corrected chi connectivity index (χ3v) is 4.54. The molecule has 0 bridgehead atoms. The van der Waals surface area contributed by atoms with Crippen molar-refractivity contribution in [2.45, 2.75) is 0 Å². The van der Waals surface area contributed by atoms with Crippen LogP contribution in [0.15, 0.2) is 81.5 Å². The Morgan fingerprint density at radius 2 is 1.68 bits per heavy atom. The molecule has 1 aliphatic heterocycles. The second-order valence-electron chi connectivity index (χ2n) is 6.04. The van der Waals surface area contributed by atoms with Crippen LogP contribution in [0.4, 0.5) is 22.7 Å². The van der Waals surface area contributed by atoms with Crippen molar-refractivity contribution < 1.29 is 4.79 Å². The standard InChI is InChI=1S/C22H16N4OS/c27-21(24-19-10-5-11-20-22(19)26-28-25-20)15-23-18-9-4-8-17(14-18)13-12-16-6-2-1-3-7-16/h1-11,14,23H,15H2,(H,24,27). The Labute approximate surface area is 166 Å². The number of hydrogen-bond acceptors (Lipinski definition) is 4. The number of nitrogens with one attached hydrogen (secondary N) is 2. The van der Waals surface area contributed by atoms with E-state index in [0.29, 0.717) is 11.4 Å². The molecule has 0 unspecified atom stereocenters. The van der Waals surface area contributed by atoms with E-state index in [9.17, 15) is 4.79 Å². The van der Waals surface area contributed by atoms with Crippen molar-refractivity contribution in [3.05, 3.63) is 83.9 Å². The predicted molar refractivity (Wildman–Crippen MR) is 114 cm³/mol. The fourth-order valence-corrected chi connectivity index (χ4v) is 3.21.